The first kappa shape index (κ1) is 18.3. The molecule has 1 fully saturated rings. The highest BCUT2D eigenvalue weighted by Crippen LogP contribution is 2.30. The van der Waals surface area contributed by atoms with Crippen molar-refractivity contribution < 1.29 is 17.5 Å². The number of hydrogen-bond donors (Lipinski definition) is 1. The molecule has 2 unspecified atom stereocenters. The topological polar surface area (TPSA) is 86.1 Å². The summed E-state index contributed by atoms with van der Waals surface area (Å²) in [6.07, 6.45) is 10.2. The second-order valence-electron chi connectivity index (χ2n) is 7.46. The largest absolute Gasteiger partial charge is 0.474 e. The standard InChI is InChI=1S/C20H19FN4O3S/c1-29(26,27)15-4-5-18(17(21)10-15)25-7-6-16-19(25)22-11-23-20(16)28-14-8-12-2-3-13(9-14)24-12/h2-7,10-14,24H,8-9H2,1H3. The molecule has 1 aromatic carbocycles. The Morgan fingerprint density at radius 3 is 2.62 bits per heavy atom. The molecule has 29 heavy (non-hydrogen) atoms. The van der Waals surface area contributed by atoms with Crippen LogP contribution in [-0.2, 0) is 9.84 Å². The second-order valence-corrected chi connectivity index (χ2v) is 9.48. The van der Waals surface area contributed by atoms with Crippen LogP contribution in [0.4, 0.5) is 4.39 Å². The van der Waals surface area contributed by atoms with E-state index in [-0.39, 0.29) is 16.7 Å². The lowest BCUT2D eigenvalue weighted by Crippen LogP contribution is -2.43. The van der Waals surface area contributed by atoms with Crippen molar-refractivity contribution >= 4 is 20.9 Å². The van der Waals surface area contributed by atoms with E-state index in [2.05, 4.69) is 27.4 Å². The van der Waals surface area contributed by atoms with Crippen molar-refractivity contribution in [3.8, 4) is 11.6 Å². The van der Waals surface area contributed by atoms with Gasteiger partial charge >= 0.3 is 0 Å². The highest BCUT2D eigenvalue weighted by Gasteiger charge is 2.31. The molecule has 1 saturated heterocycles. The van der Waals surface area contributed by atoms with Gasteiger partial charge in [-0.25, -0.2) is 22.8 Å². The summed E-state index contributed by atoms with van der Waals surface area (Å²) >= 11 is 0. The Kier molecular flexibility index (Phi) is 4.18. The summed E-state index contributed by atoms with van der Waals surface area (Å²) in [7, 11) is -3.49. The second kappa shape index (κ2) is 6.64. The zero-order valence-corrected chi connectivity index (χ0v) is 16.4. The van der Waals surface area contributed by atoms with E-state index in [1.165, 1.54) is 18.5 Å². The van der Waals surface area contributed by atoms with E-state index in [9.17, 15) is 12.8 Å². The Morgan fingerprint density at radius 2 is 1.93 bits per heavy atom. The van der Waals surface area contributed by atoms with Crippen LogP contribution in [0.3, 0.4) is 0 Å². The summed E-state index contributed by atoms with van der Waals surface area (Å²) in [4.78, 5) is 8.51. The van der Waals surface area contributed by atoms with Crippen molar-refractivity contribution in [1.82, 2.24) is 19.9 Å². The van der Waals surface area contributed by atoms with Crippen molar-refractivity contribution in [2.75, 3.05) is 6.26 Å². The minimum absolute atomic E-state index is 0.0356. The monoisotopic (exact) mass is 414 g/mol. The maximum Gasteiger partial charge on any atom is 0.226 e. The SMILES string of the molecule is CS(=O)(=O)c1ccc(-n2ccc3c(OC4CC5C=CC(C4)N5)ncnc32)c(F)c1. The number of nitrogens with zero attached hydrogens (tertiary/aromatic N) is 3. The third-order valence-corrected chi connectivity index (χ3v) is 6.48. The van der Waals surface area contributed by atoms with Crippen LogP contribution >= 0.6 is 0 Å². The van der Waals surface area contributed by atoms with E-state index < -0.39 is 15.7 Å². The molecule has 2 aliphatic heterocycles. The van der Waals surface area contributed by atoms with Gasteiger partial charge in [0.05, 0.1) is 16.0 Å². The predicted molar refractivity (Wildman–Crippen MR) is 105 cm³/mol. The minimum Gasteiger partial charge on any atom is -0.474 e. The number of piperidine rings is 1. The molecule has 0 spiro atoms. The average molecular weight is 414 g/mol. The van der Waals surface area contributed by atoms with Crippen LogP contribution in [0, 0.1) is 5.82 Å². The molecule has 0 radical (unpaired) electrons. The first-order valence-corrected chi connectivity index (χ1v) is 11.2. The van der Waals surface area contributed by atoms with Crippen LogP contribution in [0.5, 0.6) is 5.88 Å². The van der Waals surface area contributed by atoms with Gasteiger partial charge in [-0.1, -0.05) is 12.2 Å². The Hall–Kier alpha value is -2.78. The molecule has 2 bridgehead atoms. The van der Waals surface area contributed by atoms with Crippen LogP contribution in [-0.4, -0.2) is 47.4 Å². The Bertz CT molecular complexity index is 1220. The number of halogens is 1. The number of aromatic nitrogens is 3. The quantitative estimate of drug-likeness (QED) is 0.660. The zero-order chi connectivity index (χ0) is 20.2. The Morgan fingerprint density at radius 1 is 1.17 bits per heavy atom. The van der Waals surface area contributed by atoms with Gasteiger partial charge in [-0.15, -0.1) is 0 Å². The van der Waals surface area contributed by atoms with E-state index in [1.807, 2.05) is 0 Å². The molecule has 4 heterocycles. The van der Waals surface area contributed by atoms with Gasteiger partial charge in [0, 0.05) is 37.4 Å². The van der Waals surface area contributed by atoms with E-state index in [0.29, 0.717) is 29.0 Å². The van der Waals surface area contributed by atoms with E-state index in [4.69, 9.17) is 4.74 Å². The van der Waals surface area contributed by atoms with E-state index >= 15 is 0 Å². The lowest BCUT2D eigenvalue weighted by atomic mass is 10.0. The minimum atomic E-state index is -3.49. The molecule has 0 saturated carbocycles. The number of sulfone groups is 1. The Balaban J connectivity index is 1.49. The number of nitrogens with one attached hydrogen (secondary N) is 1. The third-order valence-electron chi connectivity index (χ3n) is 5.37. The van der Waals surface area contributed by atoms with Crippen molar-refractivity contribution in [2.45, 2.75) is 35.9 Å². The van der Waals surface area contributed by atoms with Gasteiger partial charge in [-0.05, 0) is 24.3 Å². The highest BCUT2D eigenvalue weighted by atomic mass is 32.2. The molecular formula is C20H19FN4O3S. The van der Waals surface area contributed by atoms with Crippen molar-refractivity contribution in [3.05, 3.63) is 54.8 Å². The molecular weight excluding hydrogens is 395 g/mol. The fourth-order valence-corrected chi connectivity index (χ4v) is 4.63. The number of rotatable bonds is 4. The van der Waals surface area contributed by atoms with Crippen LogP contribution in [0.25, 0.3) is 16.7 Å². The van der Waals surface area contributed by atoms with Gasteiger partial charge in [0.1, 0.15) is 18.2 Å². The van der Waals surface area contributed by atoms with Crippen LogP contribution in [0.2, 0.25) is 0 Å². The summed E-state index contributed by atoms with van der Waals surface area (Å²) in [5, 5.41) is 4.16. The van der Waals surface area contributed by atoms with Crippen LogP contribution in [0.1, 0.15) is 12.8 Å². The molecule has 0 amide bonds. The lowest BCUT2D eigenvalue weighted by molar-refractivity contribution is 0.138. The third kappa shape index (κ3) is 3.30. The molecule has 9 heteroatoms. The van der Waals surface area contributed by atoms with Crippen LogP contribution in [0.15, 0.2) is 53.8 Å². The van der Waals surface area contributed by atoms with Gasteiger partial charge in [-0.2, -0.15) is 0 Å². The number of benzene rings is 1. The summed E-state index contributed by atoms with van der Waals surface area (Å²) < 4.78 is 45.7. The Labute approximate surface area is 167 Å². The number of ether oxygens (including phenoxy) is 1. The molecule has 3 aromatic rings. The summed E-state index contributed by atoms with van der Waals surface area (Å²) in [5.41, 5.74) is 0.706. The number of fused-ring (bicyclic) bond motifs is 3. The van der Waals surface area contributed by atoms with Gasteiger partial charge in [0.25, 0.3) is 0 Å². The first-order chi connectivity index (χ1) is 13.9. The molecule has 2 aliphatic rings. The van der Waals surface area contributed by atoms with Gasteiger partial charge in [0.2, 0.25) is 5.88 Å². The van der Waals surface area contributed by atoms with Crippen molar-refractivity contribution in [1.29, 1.82) is 0 Å². The smallest absolute Gasteiger partial charge is 0.226 e. The van der Waals surface area contributed by atoms with Gasteiger partial charge in [-0.3, -0.25) is 4.57 Å². The molecule has 7 nitrogen and oxygen atoms in total. The molecule has 5 rings (SSSR count). The van der Waals surface area contributed by atoms with Crippen molar-refractivity contribution in [2.24, 2.45) is 0 Å². The fourth-order valence-electron chi connectivity index (χ4n) is 3.99. The molecule has 0 aliphatic carbocycles. The molecule has 1 N–H and O–H groups in total. The summed E-state index contributed by atoms with van der Waals surface area (Å²) in [5.74, 6) is -0.180. The van der Waals surface area contributed by atoms with Crippen LogP contribution < -0.4 is 10.1 Å². The normalized spacial score (nSPS) is 23.6. The zero-order valence-electron chi connectivity index (χ0n) is 15.6. The summed E-state index contributed by atoms with van der Waals surface area (Å²) in [6.45, 7) is 0. The van der Waals surface area contributed by atoms with Crippen molar-refractivity contribution in [3.63, 3.8) is 0 Å². The molecule has 2 aromatic heterocycles. The lowest BCUT2D eigenvalue weighted by Gasteiger charge is -2.29. The highest BCUT2D eigenvalue weighted by molar-refractivity contribution is 7.90. The first-order valence-electron chi connectivity index (χ1n) is 9.31. The molecule has 2 atom stereocenters. The van der Waals surface area contributed by atoms with Gasteiger partial charge in [0.15, 0.2) is 15.5 Å². The predicted octanol–water partition coefficient (Wildman–Crippen LogP) is 2.40. The van der Waals surface area contributed by atoms with E-state index in [0.717, 1.165) is 25.2 Å². The average Bonchev–Trinajstić information content (AvgIpc) is 3.25. The van der Waals surface area contributed by atoms with Gasteiger partial charge < -0.3 is 10.1 Å². The van der Waals surface area contributed by atoms with E-state index in [1.54, 1.807) is 16.8 Å². The summed E-state index contributed by atoms with van der Waals surface area (Å²) in [6, 6.07) is 6.27. The maximum absolute atomic E-state index is 14.7. The maximum atomic E-state index is 14.7. The number of hydrogen-bond acceptors (Lipinski definition) is 6. The molecule has 150 valence electrons. The fraction of sp³-hybridized carbons (Fsp3) is 0.300.